The van der Waals surface area contributed by atoms with Gasteiger partial charge in [0.05, 0.1) is 18.2 Å². The van der Waals surface area contributed by atoms with Crippen LogP contribution in [0.15, 0.2) is 0 Å². The molecule has 5 heteroatoms. The Morgan fingerprint density at radius 2 is 2.08 bits per heavy atom. The molecule has 1 heterocycles. The highest BCUT2D eigenvalue weighted by Gasteiger charge is 2.60. The van der Waals surface area contributed by atoms with Gasteiger partial charge in [-0.15, -0.1) is 0 Å². The molecule has 4 N–H and O–H groups in total. The Labute approximate surface area is 76.4 Å². The molecule has 0 aromatic rings. The normalized spacial score (nSPS) is 51.2. The molecular formula is C8H16FNO3. The third-order valence-electron chi connectivity index (χ3n) is 2.95. The molecule has 1 fully saturated rings. The second-order valence-electron chi connectivity index (χ2n) is 3.74. The fourth-order valence-electron chi connectivity index (χ4n) is 1.68. The van der Waals surface area contributed by atoms with Crippen molar-refractivity contribution in [3.05, 3.63) is 0 Å². The van der Waals surface area contributed by atoms with Crippen molar-refractivity contribution >= 4 is 0 Å². The lowest BCUT2D eigenvalue weighted by molar-refractivity contribution is -0.188. The predicted octanol–water partition coefficient (Wildman–Crippen LogP) is -0.862. The van der Waals surface area contributed by atoms with Crippen LogP contribution in [0.2, 0.25) is 0 Å². The lowest BCUT2D eigenvalue weighted by atomic mass is 9.90. The van der Waals surface area contributed by atoms with E-state index in [-0.39, 0.29) is 0 Å². The first kappa shape index (κ1) is 10.8. The van der Waals surface area contributed by atoms with Crippen molar-refractivity contribution in [2.75, 3.05) is 6.61 Å². The van der Waals surface area contributed by atoms with E-state index in [0.717, 1.165) is 0 Å². The minimum absolute atomic E-state index is 0.327. The molecule has 1 saturated heterocycles. The van der Waals surface area contributed by atoms with Gasteiger partial charge in [0.1, 0.15) is 6.10 Å². The van der Waals surface area contributed by atoms with Crippen molar-refractivity contribution in [3.8, 4) is 0 Å². The molecular weight excluding hydrogens is 177 g/mol. The van der Waals surface area contributed by atoms with Crippen LogP contribution in [0, 0.1) is 0 Å². The van der Waals surface area contributed by atoms with Crippen molar-refractivity contribution in [2.45, 2.75) is 43.8 Å². The van der Waals surface area contributed by atoms with Crippen LogP contribution in [-0.4, -0.2) is 45.5 Å². The zero-order valence-electron chi connectivity index (χ0n) is 7.79. The third-order valence-corrected chi connectivity index (χ3v) is 2.95. The average molecular weight is 193 g/mol. The largest absolute Gasteiger partial charge is 0.395 e. The maximum atomic E-state index is 13.6. The van der Waals surface area contributed by atoms with Crippen LogP contribution in [0.25, 0.3) is 0 Å². The molecule has 0 aromatic heterocycles. The summed E-state index contributed by atoms with van der Waals surface area (Å²) in [6.07, 6.45) is -1.25. The van der Waals surface area contributed by atoms with E-state index in [4.69, 9.17) is 5.11 Å². The third kappa shape index (κ3) is 1.36. The van der Waals surface area contributed by atoms with Crippen LogP contribution in [0.5, 0.6) is 0 Å². The molecule has 4 atom stereocenters. The van der Waals surface area contributed by atoms with E-state index in [0.29, 0.717) is 6.42 Å². The Hall–Kier alpha value is -0.230. The molecule has 0 spiro atoms. The van der Waals surface area contributed by atoms with Crippen molar-refractivity contribution in [1.82, 2.24) is 5.32 Å². The highest BCUT2D eigenvalue weighted by Crippen LogP contribution is 2.37. The number of halogens is 1. The minimum Gasteiger partial charge on any atom is -0.395 e. The summed E-state index contributed by atoms with van der Waals surface area (Å²) in [4.78, 5) is 0. The van der Waals surface area contributed by atoms with Crippen LogP contribution >= 0.6 is 0 Å². The molecule has 0 saturated carbocycles. The van der Waals surface area contributed by atoms with Crippen LogP contribution < -0.4 is 5.32 Å². The minimum atomic E-state index is -2.69. The van der Waals surface area contributed by atoms with Gasteiger partial charge in [0.15, 0.2) is 0 Å². The molecule has 0 unspecified atom stereocenters. The average Bonchev–Trinajstić information content (AvgIpc) is 2.27. The lowest BCUT2D eigenvalue weighted by Crippen LogP contribution is -2.54. The SMILES string of the molecule is CC[C@]1(C)N[C@H](CO)[C@@H](O)[C@]1(O)F. The molecule has 78 valence electrons. The summed E-state index contributed by atoms with van der Waals surface area (Å²) in [5.74, 6) is -2.69. The van der Waals surface area contributed by atoms with Gasteiger partial charge in [0.25, 0.3) is 5.85 Å². The summed E-state index contributed by atoms with van der Waals surface area (Å²) < 4.78 is 13.6. The summed E-state index contributed by atoms with van der Waals surface area (Å²) >= 11 is 0. The lowest BCUT2D eigenvalue weighted by Gasteiger charge is -2.32. The summed E-state index contributed by atoms with van der Waals surface area (Å²) in [6.45, 7) is 2.78. The Morgan fingerprint density at radius 3 is 2.31 bits per heavy atom. The zero-order valence-corrected chi connectivity index (χ0v) is 7.79. The molecule has 1 rings (SSSR count). The van der Waals surface area contributed by atoms with Crippen LogP contribution in [0.3, 0.4) is 0 Å². The highest BCUT2D eigenvalue weighted by atomic mass is 19.2. The molecule has 0 bridgehead atoms. The summed E-state index contributed by atoms with van der Waals surface area (Å²) in [5, 5.41) is 30.2. The molecule has 0 aliphatic carbocycles. The Balaban J connectivity index is 2.92. The van der Waals surface area contributed by atoms with Gasteiger partial charge < -0.3 is 15.3 Å². The fourth-order valence-corrected chi connectivity index (χ4v) is 1.68. The van der Waals surface area contributed by atoms with E-state index in [9.17, 15) is 14.6 Å². The van der Waals surface area contributed by atoms with E-state index in [2.05, 4.69) is 5.32 Å². The van der Waals surface area contributed by atoms with Gasteiger partial charge in [-0.3, -0.25) is 5.32 Å². The summed E-state index contributed by atoms with van der Waals surface area (Å²) in [7, 11) is 0. The van der Waals surface area contributed by atoms with E-state index >= 15 is 0 Å². The fraction of sp³-hybridized carbons (Fsp3) is 1.00. The molecule has 0 radical (unpaired) electrons. The molecule has 4 nitrogen and oxygen atoms in total. The van der Waals surface area contributed by atoms with Gasteiger partial charge in [-0.1, -0.05) is 6.92 Å². The molecule has 0 amide bonds. The van der Waals surface area contributed by atoms with Crippen molar-refractivity contribution < 1.29 is 19.7 Å². The van der Waals surface area contributed by atoms with Gasteiger partial charge >= 0.3 is 0 Å². The number of alkyl halides is 1. The van der Waals surface area contributed by atoms with Gasteiger partial charge in [-0.25, -0.2) is 4.39 Å². The van der Waals surface area contributed by atoms with Crippen LogP contribution in [0.4, 0.5) is 4.39 Å². The maximum Gasteiger partial charge on any atom is 0.252 e. The van der Waals surface area contributed by atoms with Gasteiger partial charge in [-0.05, 0) is 13.3 Å². The molecule has 1 aliphatic heterocycles. The van der Waals surface area contributed by atoms with Crippen molar-refractivity contribution in [2.24, 2.45) is 0 Å². The summed E-state index contributed by atoms with van der Waals surface area (Å²) in [5.41, 5.74) is -1.19. The smallest absolute Gasteiger partial charge is 0.252 e. The van der Waals surface area contributed by atoms with Gasteiger partial charge in [0, 0.05) is 0 Å². The Kier molecular flexibility index (Phi) is 2.64. The van der Waals surface area contributed by atoms with E-state index in [1.54, 1.807) is 6.92 Å². The number of aliphatic hydroxyl groups is 3. The van der Waals surface area contributed by atoms with Gasteiger partial charge in [0.2, 0.25) is 0 Å². The van der Waals surface area contributed by atoms with E-state index in [1.165, 1.54) is 6.92 Å². The second-order valence-corrected chi connectivity index (χ2v) is 3.74. The van der Waals surface area contributed by atoms with Crippen LogP contribution in [-0.2, 0) is 0 Å². The maximum absolute atomic E-state index is 13.6. The van der Waals surface area contributed by atoms with E-state index < -0.39 is 30.1 Å². The van der Waals surface area contributed by atoms with Crippen LogP contribution in [0.1, 0.15) is 20.3 Å². The quantitative estimate of drug-likeness (QED) is 0.460. The van der Waals surface area contributed by atoms with Crippen molar-refractivity contribution in [1.29, 1.82) is 0 Å². The Bertz CT molecular complexity index is 197. The first-order valence-electron chi connectivity index (χ1n) is 4.37. The monoisotopic (exact) mass is 193 g/mol. The second kappa shape index (κ2) is 3.16. The topological polar surface area (TPSA) is 72.7 Å². The Morgan fingerprint density at radius 1 is 1.54 bits per heavy atom. The number of rotatable bonds is 2. The number of hydrogen-bond acceptors (Lipinski definition) is 4. The standard InChI is InChI=1S/C8H16FNO3/c1-3-7(2)8(9,13)6(12)5(4-11)10-7/h5-6,10-13H,3-4H2,1-2H3/t5-,6-,7+,8-/m1/s1. The van der Waals surface area contributed by atoms with E-state index in [1.807, 2.05) is 0 Å². The molecule has 13 heavy (non-hydrogen) atoms. The number of aliphatic hydroxyl groups excluding tert-OH is 2. The highest BCUT2D eigenvalue weighted by molar-refractivity contribution is 5.11. The zero-order chi connectivity index (χ0) is 10.3. The van der Waals surface area contributed by atoms with Crippen molar-refractivity contribution in [3.63, 3.8) is 0 Å². The molecule has 1 aliphatic rings. The first-order valence-corrected chi connectivity index (χ1v) is 4.37. The van der Waals surface area contributed by atoms with Gasteiger partial charge in [-0.2, -0.15) is 0 Å². The number of nitrogens with one attached hydrogen (secondary N) is 1. The first-order chi connectivity index (χ1) is 5.89. The predicted molar refractivity (Wildman–Crippen MR) is 44.8 cm³/mol. The number of hydrogen-bond donors (Lipinski definition) is 4. The molecule has 0 aromatic carbocycles. The summed E-state index contributed by atoms with van der Waals surface area (Å²) in [6, 6.07) is -0.806.